The van der Waals surface area contributed by atoms with Gasteiger partial charge in [-0.2, -0.15) is 0 Å². The van der Waals surface area contributed by atoms with Gasteiger partial charge < -0.3 is 9.15 Å². The summed E-state index contributed by atoms with van der Waals surface area (Å²) in [5, 5.41) is 0.621. The quantitative estimate of drug-likeness (QED) is 0.270. The topological polar surface area (TPSA) is 90.7 Å². The molecule has 3 aromatic carbocycles. The zero-order chi connectivity index (χ0) is 22.4. The molecule has 0 unspecified atom stereocenters. The fourth-order valence-electron chi connectivity index (χ4n) is 3.86. The number of carbonyl (C=O) groups is 3. The summed E-state index contributed by atoms with van der Waals surface area (Å²) >= 11 is 3.32. The van der Waals surface area contributed by atoms with Crippen LogP contribution < -0.4 is 5.63 Å². The predicted molar refractivity (Wildman–Crippen MR) is 119 cm³/mol. The van der Waals surface area contributed by atoms with Crippen molar-refractivity contribution in [3.63, 3.8) is 0 Å². The number of rotatable bonds is 3. The fourth-order valence-corrected chi connectivity index (χ4v) is 4.20. The van der Waals surface area contributed by atoms with Gasteiger partial charge in [-0.15, -0.1) is 0 Å². The Balaban J connectivity index is 1.50. The molecule has 0 bridgehead atoms. The number of hydrogen-bond donors (Lipinski definition) is 0. The second kappa shape index (κ2) is 7.69. The Morgan fingerprint density at radius 1 is 0.844 bits per heavy atom. The number of ketones is 2. The highest BCUT2D eigenvalue weighted by Gasteiger charge is 2.33. The van der Waals surface area contributed by atoms with E-state index in [4.69, 9.17) is 9.15 Å². The van der Waals surface area contributed by atoms with Gasteiger partial charge in [-0.25, -0.2) is 9.59 Å². The second-order valence-corrected chi connectivity index (χ2v) is 8.15. The van der Waals surface area contributed by atoms with E-state index in [2.05, 4.69) is 15.9 Å². The maximum Gasteiger partial charge on any atom is 0.339 e. The van der Waals surface area contributed by atoms with Crippen molar-refractivity contribution in [1.29, 1.82) is 0 Å². The van der Waals surface area contributed by atoms with Crippen LogP contribution in [0.3, 0.4) is 0 Å². The van der Waals surface area contributed by atoms with Crippen molar-refractivity contribution in [3.05, 3.63) is 115 Å². The van der Waals surface area contributed by atoms with Gasteiger partial charge >= 0.3 is 11.6 Å². The molecule has 5 rings (SSSR count). The number of carbonyl (C=O) groups excluding carboxylic acids is 3. The van der Waals surface area contributed by atoms with Crippen LogP contribution in [0.5, 0.6) is 0 Å². The largest absolute Gasteiger partial charge is 0.457 e. The third-order valence-electron chi connectivity index (χ3n) is 5.32. The molecule has 0 fully saturated rings. The lowest BCUT2D eigenvalue weighted by molar-refractivity contribution is 0.0471. The molecule has 0 N–H and O–H groups in total. The number of esters is 1. The maximum absolute atomic E-state index is 13.1. The van der Waals surface area contributed by atoms with Gasteiger partial charge in [0.15, 0.2) is 11.6 Å². The van der Waals surface area contributed by atoms with Gasteiger partial charge in [0.2, 0.25) is 0 Å². The van der Waals surface area contributed by atoms with Gasteiger partial charge in [0.1, 0.15) is 12.2 Å². The zero-order valence-corrected chi connectivity index (χ0v) is 18.0. The lowest BCUT2D eigenvalue weighted by Crippen LogP contribution is -2.24. The molecule has 1 aliphatic carbocycles. The molecule has 1 aromatic heterocycles. The van der Waals surface area contributed by atoms with Crippen LogP contribution in [0.15, 0.2) is 80.4 Å². The normalized spacial score (nSPS) is 12.4. The van der Waals surface area contributed by atoms with Crippen LogP contribution in [-0.2, 0) is 11.3 Å². The third-order valence-corrected chi connectivity index (χ3v) is 5.82. The summed E-state index contributed by atoms with van der Waals surface area (Å²) in [5.41, 5.74) is 1.01. The number of fused-ring (bicyclic) bond motifs is 3. The Morgan fingerprint density at radius 2 is 1.56 bits per heavy atom. The van der Waals surface area contributed by atoms with E-state index < -0.39 is 17.4 Å². The molecule has 0 aliphatic heterocycles. The molecule has 156 valence electrons. The summed E-state index contributed by atoms with van der Waals surface area (Å²) in [7, 11) is 0. The van der Waals surface area contributed by atoms with Crippen molar-refractivity contribution in [2.45, 2.75) is 6.61 Å². The molecule has 0 spiro atoms. The van der Waals surface area contributed by atoms with Gasteiger partial charge in [-0.05, 0) is 24.3 Å². The average molecular weight is 489 g/mol. The van der Waals surface area contributed by atoms with Crippen molar-refractivity contribution in [1.82, 2.24) is 0 Å². The maximum atomic E-state index is 13.1. The monoisotopic (exact) mass is 488 g/mol. The first kappa shape index (κ1) is 20.1. The first-order valence-electron chi connectivity index (χ1n) is 9.65. The minimum atomic E-state index is -0.763. The lowest BCUT2D eigenvalue weighted by Gasteiger charge is -2.19. The van der Waals surface area contributed by atoms with E-state index in [1.165, 1.54) is 18.2 Å². The Labute approximate surface area is 189 Å². The highest BCUT2D eigenvalue weighted by molar-refractivity contribution is 9.10. The van der Waals surface area contributed by atoms with E-state index in [0.29, 0.717) is 22.1 Å². The van der Waals surface area contributed by atoms with E-state index in [1.807, 2.05) is 0 Å². The summed E-state index contributed by atoms with van der Waals surface area (Å²) in [4.78, 5) is 50.8. The highest BCUT2D eigenvalue weighted by atomic mass is 79.9. The lowest BCUT2D eigenvalue weighted by atomic mass is 9.82. The first-order chi connectivity index (χ1) is 15.4. The van der Waals surface area contributed by atoms with Gasteiger partial charge in [0.25, 0.3) is 0 Å². The summed E-state index contributed by atoms with van der Waals surface area (Å²) < 4.78 is 11.4. The minimum Gasteiger partial charge on any atom is -0.457 e. The molecule has 6 nitrogen and oxygen atoms in total. The van der Waals surface area contributed by atoms with Crippen LogP contribution in [0.2, 0.25) is 0 Å². The first-order valence-corrected chi connectivity index (χ1v) is 10.4. The van der Waals surface area contributed by atoms with Crippen LogP contribution in [0, 0.1) is 0 Å². The van der Waals surface area contributed by atoms with Crippen LogP contribution in [0.4, 0.5) is 0 Å². The molecule has 0 atom stereocenters. The Kier molecular flexibility index (Phi) is 4.83. The summed E-state index contributed by atoms with van der Waals surface area (Å²) in [6, 6.07) is 17.5. The summed E-state index contributed by atoms with van der Waals surface area (Å²) in [6.45, 7) is -0.203. The summed E-state index contributed by atoms with van der Waals surface area (Å²) in [6.07, 6.45) is 0. The second-order valence-electron chi connectivity index (χ2n) is 7.24. The molecule has 1 heterocycles. The van der Waals surface area contributed by atoms with Crippen molar-refractivity contribution >= 4 is 44.4 Å². The average Bonchev–Trinajstić information content (AvgIpc) is 2.80. The van der Waals surface area contributed by atoms with Crippen molar-refractivity contribution < 1.29 is 23.5 Å². The Hall–Kier alpha value is -3.84. The molecule has 1 aliphatic rings. The SMILES string of the molecule is O=C(OCc1cc(=O)oc2cc(Br)ccc12)c1cccc2c1C(=O)c1ccccc1C2=O. The molecule has 0 saturated heterocycles. The van der Waals surface area contributed by atoms with Gasteiger partial charge in [0.05, 0.1) is 5.56 Å². The van der Waals surface area contributed by atoms with Gasteiger partial charge in [-0.3, -0.25) is 9.59 Å². The van der Waals surface area contributed by atoms with E-state index >= 15 is 0 Å². The minimum absolute atomic E-state index is 0.00497. The molecular formula is C25H13BrO6. The van der Waals surface area contributed by atoms with Gasteiger partial charge in [0, 0.05) is 43.7 Å². The van der Waals surface area contributed by atoms with Gasteiger partial charge in [-0.1, -0.05) is 52.3 Å². The zero-order valence-electron chi connectivity index (χ0n) is 16.4. The van der Waals surface area contributed by atoms with E-state index in [1.54, 1.807) is 48.5 Å². The standard InChI is InChI=1S/C25H13BrO6/c26-14-8-9-15-13(10-21(27)32-20(15)11-14)12-31-25(30)19-7-3-6-18-22(19)24(29)17-5-2-1-4-16(17)23(18)28/h1-11H,12H2. The number of benzene rings is 3. The Morgan fingerprint density at radius 3 is 2.34 bits per heavy atom. The molecule has 0 saturated carbocycles. The highest BCUT2D eigenvalue weighted by Crippen LogP contribution is 2.30. The molecule has 7 heteroatoms. The molecular weight excluding hydrogens is 476 g/mol. The van der Waals surface area contributed by atoms with Crippen LogP contribution in [-0.4, -0.2) is 17.5 Å². The van der Waals surface area contributed by atoms with Crippen molar-refractivity contribution in [2.75, 3.05) is 0 Å². The van der Waals surface area contributed by atoms with Crippen LogP contribution in [0.1, 0.15) is 47.8 Å². The Bertz CT molecular complexity index is 1510. The number of halogens is 1. The fraction of sp³-hybridized carbons (Fsp3) is 0.0400. The molecule has 4 aromatic rings. The molecule has 0 amide bonds. The van der Waals surface area contributed by atoms with E-state index in [-0.39, 0.29) is 34.6 Å². The summed E-state index contributed by atoms with van der Waals surface area (Å²) in [5.74, 6) is -1.48. The van der Waals surface area contributed by atoms with Crippen molar-refractivity contribution in [2.24, 2.45) is 0 Å². The van der Waals surface area contributed by atoms with Crippen LogP contribution >= 0.6 is 15.9 Å². The van der Waals surface area contributed by atoms with Crippen LogP contribution in [0.25, 0.3) is 11.0 Å². The number of ether oxygens (including phenoxy) is 1. The number of hydrogen-bond acceptors (Lipinski definition) is 6. The molecule has 0 radical (unpaired) electrons. The van der Waals surface area contributed by atoms with E-state index in [0.717, 1.165) is 4.47 Å². The van der Waals surface area contributed by atoms with E-state index in [9.17, 15) is 19.2 Å². The predicted octanol–water partition coefficient (Wildman–Crippen LogP) is 4.69. The van der Waals surface area contributed by atoms with Crippen molar-refractivity contribution in [3.8, 4) is 0 Å². The molecule has 32 heavy (non-hydrogen) atoms. The smallest absolute Gasteiger partial charge is 0.339 e. The third kappa shape index (κ3) is 3.27.